The molecule has 2 aromatic carbocycles. The molecule has 3 heterocycles. The van der Waals surface area contributed by atoms with Gasteiger partial charge in [-0.2, -0.15) is 0 Å². The number of nitrogens with zero attached hydrogens (tertiary/aromatic N) is 3. The molecule has 0 spiro atoms. The van der Waals surface area contributed by atoms with E-state index < -0.39 is 56.2 Å². The second kappa shape index (κ2) is 15.8. The maximum Gasteiger partial charge on any atom is 0.259 e. The van der Waals surface area contributed by atoms with E-state index in [2.05, 4.69) is 29.2 Å². The van der Waals surface area contributed by atoms with E-state index in [-0.39, 0.29) is 30.7 Å². The molecule has 5 atom stereocenters. The maximum atomic E-state index is 14.9. The van der Waals surface area contributed by atoms with E-state index in [4.69, 9.17) is 19.4 Å². The molecule has 3 fully saturated rings. The van der Waals surface area contributed by atoms with Crippen LogP contribution in [0.4, 0.5) is 5.69 Å². The van der Waals surface area contributed by atoms with Gasteiger partial charge in [0.1, 0.15) is 40.2 Å². The Bertz CT molecular complexity index is 2320. The van der Waals surface area contributed by atoms with Gasteiger partial charge in [0, 0.05) is 22.9 Å². The van der Waals surface area contributed by atoms with Crippen LogP contribution in [0.3, 0.4) is 0 Å². The Morgan fingerprint density at radius 2 is 1.78 bits per heavy atom. The molecule has 7 rings (SSSR count). The van der Waals surface area contributed by atoms with Crippen LogP contribution < -0.4 is 24.8 Å². The summed E-state index contributed by atoms with van der Waals surface area (Å²) in [7, 11) is -2.23. The van der Waals surface area contributed by atoms with Crippen molar-refractivity contribution in [2.45, 2.75) is 115 Å². The Balaban J connectivity index is 1.24. The average Bonchev–Trinajstić information content (AvgIpc) is 4.06. The Kier molecular flexibility index (Phi) is 11.3. The Morgan fingerprint density at radius 3 is 2.38 bits per heavy atom. The van der Waals surface area contributed by atoms with Crippen molar-refractivity contribution < 1.29 is 32.3 Å². The number of amides is 3. The van der Waals surface area contributed by atoms with E-state index in [1.807, 2.05) is 88.5 Å². The number of benzene rings is 2. The number of fused-ring (bicyclic) bond motifs is 1. The summed E-state index contributed by atoms with van der Waals surface area (Å²) in [6.45, 7) is 14.0. The SMILES string of the molecule is CC[C@@H]1C[C@]1(NC(=O)[C@@H]1C[C@@H](Oc2nc(-c3nc(C(C)C)cs3)cc3c(C)c(OC)ccc23)CN1C(=O)[C@@H](Nc1ccccc1)C(C)(C)C)C(=O)NS(=O)(=O)C1CC1. The summed E-state index contributed by atoms with van der Waals surface area (Å²) in [5.74, 6) is -0.567. The highest BCUT2D eigenvalue weighted by Crippen LogP contribution is 2.47. The van der Waals surface area contributed by atoms with Crippen molar-refractivity contribution in [3.63, 3.8) is 0 Å². The quantitative estimate of drug-likeness (QED) is 0.127. The van der Waals surface area contributed by atoms with Gasteiger partial charge >= 0.3 is 0 Å². The zero-order valence-corrected chi connectivity index (χ0v) is 36.1. The minimum absolute atomic E-state index is 0.0592. The highest BCUT2D eigenvalue weighted by Gasteiger charge is 2.62. The van der Waals surface area contributed by atoms with E-state index in [0.29, 0.717) is 43.0 Å². The zero-order valence-electron chi connectivity index (χ0n) is 34.4. The largest absolute Gasteiger partial charge is 0.496 e. The van der Waals surface area contributed by atoms with E-state index in [1.54, 1.807) is 7.11 Å². The van der Waals surface area contributed by atoms with Crippen molar-refractivity contribution in [2.24, 2.45) is 11.3 Å². The number of carbonyl (C=O) groups excluding carboxylic acids is 3. The summed E-state index contributed by atoms with van der Waals surface area (Å²) in [4.78, 5) is 54.6. The number of aryl methyl sites for hydroxylation is 1. The minimum atomic E-state index is -3.86. The lowest BCUT2D eigenvalue weighted by Crippen LogP contribution is -2.58. The van der Waals surface area contributed by atoms with Crippen molar-refractivity contribution >= 4 is 55.5 Å². The molecule has 15 heteroatoms. The number of anilines is 1. The van der Waals surface area contributed by atoms with Crippen molar-refractivity contribution in [3.05, 3.63) is 65.2 Å². The van der Waals surface area contributed by atoms with E-state index in [9.17, 15) is 22.8 Å². The number of thiazole rings is 1. The molecule has 4 aromatic rings. The fourth-order valence-electron chi connectivity index (χ4n) is 7.85. The number of pyridine rings is 1. The molecule has 2 aliphatic carbocycles. The molecule has 310 valence electrons. The number of aromatic nitrogens is 2. The van der Waals surface area contributed by atoms with Gasteiger partial charge in [-0.25, -0.2) is 18.4 Å². The molecule has 3 amide bonds. The van der Waals surface area contributed by atoms with Gasteiger partial charge in [-0.05, 0) is 84.7 Å². The summed E-state index contributed by atoms with van der Waals surface area (Å²) in [6, 6.07) is 13.4. The van der Waals surface area contributed by atoms with Crippen molar-refractivity contribution in [2.75, 3.05) is 19.0 Å². The number of likely N-dealkylation sites (tertiary alicyclic amines) is 1. The van der Waals surface area contributed by atoms with Crippen LogP contribution in [0.25, 0.3) is 21.5 Å². The standard InChI is InChI=1S/C43H54N6O7S2/c1-9-26-21-43(26,41(52)48-58(53,54)29-15-16-29)47-37(50)34-19-28(22-49(34)40(51)36(42(5,6)7)44-27-13-11-10-12-14-27)56-38-30-17-18-35(55-8)25(4)31(30)20-32(45-38)39-46-33(23-57-39)24(2)3/h10-14,17-18,20,23-24,26,28-29,34,36,44H,9,15-16,19,21-22H2,1-8H3,(H,47,50)(H,48,52)/t26-,28-,34+,36-,43-/m1/s1. The Morgan fingerprint density at radius 1 is 1.05 bits per heavy atom. The molecule has 2 aromatic heterocycles. The van der Waals surface area contributed by atoms with Gasteiger partial charge in [-0.3, -0.25) is 19.1 Å². The third kappa shape index (κ3) is 8.25. The van der Waals surface area contributed by atoms with Crippen LogP contribution >= 0.6 is 11.3 Å². The molecule has 0 radical (unpaired) electrons. The number of ether oxygens (including phenoxy) is 2. The minimum Gasteiger partial charge on any atom is -0.496 e. The van der Waals surface area contributed by atoms with Gasteiger partial charge in [-0.15, -0.1) is 11.3 Å². The molecule has 13 nitrogen and oxygen atoms in total. The third-order valence-corrected chi connectivity index (χ3v) is 14.3. The van der Waals surface area contributed by atoms with Gasteiger partial charge in [0.2, 0.25) is 27.7 Å². The van der Waals surface area contributed by atoms with Crippen LogP contribution in [0, 0.1) is 18.3 Å². The smallest absolute Gasteiger partial charge is 0.259 e. The average molecular weight is 831 g/mol. The summed E-state index contributed by atoms with van der Waals surface area (Å²) in [5, 5.41) is 10.1. The van der Waals surface area contributed by atoms with Gasteiger partial charge < -0.3 is 25.0 Å². The lowest BCUT2D eigenvalue weighted by atomic mass is 9.85. The first-order valence-electron chi connectivity index (χ1n) is 20.1. The van der Waals surface area contributed by atoms with E-state index in [0.717, 1.165) is 32.7 Å². The second-order valence-corrected chi connectivity index (χ2v) is 20.1. The van der Waals surface area contributed by atoms with Crippen LogP contribution in [0.5, 0.6) is 11.6 Å². The van der Waals surface area contributed by atoms with Crippen LogP contribution in [-0.2, 0) is 24.4 Å². The molecule has 1 aliphatic heterocycles. The summed E-state index contributed by atoms with van der Waals surface area (Å²) in [5.41, 5.74) is 1.25. The van der Waals surface area contributed by atoms with Gasteiger partial charge in [0.15, 0.2) is 0 Å². The van der Waals surface area contributed by atoms with E-state index in [1.165, 1.54) is 16.2 Å². The number of methoxy groups -OCH3 is 1. The van der Waals surface area contributed by atoms with E-state index >= 15 is 0 Å². The lowest BCUT2D eigenvalue weighted by molar-refractivity contribution is -0.141. The van der Waals surface area contributed by atoms with Crippen molar-refractivity contribution in [1.29, 1.82) is 0 Å². The monoisotopic (exact) mass is 830 g/mol. The number of rotatable bonds is 14. The maximum absolute atomic E-state index is 14.9. The highest BCUT2D eigenvalue weighted by atomic mass is 32.2. The topological polar surface area (TPSA) is 169 Å². The molecule has 3 aliphatic rings. The Hall–Kier alpha value is -4.76. The fourth-order valence-corrected chi connectivity index (χ4v) is 10.2. The second-order valence-electron chi connectivity index (χ2n) is 17.3. The van der Waals surface area contributed by atoms with Crippen LogP contribution in [-0.4, -0.2) is 83.6 Å². The fraction of sp³-hybridized carbons (Fsp3) is 0.512. The molecule has 2 saturated carbocycles. The number of nitrogens with one attached hydrogen (secondary N) is 3. The van der Waals surface area contributed by atoms with Crippen LogP contribution in [0.15, 0.2) is 53.9 Å². The first kappa shape index (κ1) is 41.4. The molecule has 0 bridgehead atoms. The predicted molar refractivity (Wildman–Crippen MR) is 225 cm³/mol. The molecule has 1 saturated heterocycles. The van der Waals surface area contributed by atoms with Gasteiger partial charge in [0.05, 0.1) is 24.6 Å². The summed E-state index contributed by atoms with van der Waals surface area (Å²) >= 11 is 1.50. The molecular formula is C43H54N6O7S2. The van der Waals surface area contributed by atoms with Crippen molar-refractivity contribution in [3.8, 4) is 22.3 Å². The highest BCUT2D eigenvalue weighted by molar-refractivity contribution is 7.91. The molecule has 58 heavy (non-hydrogen) atoms. The number of hydrogen-bond acceptors (Lipinski definition) is 11. The van der Waals surface area contributed by atoms with Crippen molar-refractivity contribution in [1.82, 2.24) is 24.9 Å². The zero-order chi connectivity index (χ0) is 41.7. The van der Waals surface area contributed by atoms with Crippen LogP contribution in [0.2, 0.25) is 0 Å². The predicted octanol–water partition coefficient (Wildman–Crippen LogP) is 6.57. The van der Waals surface area contributed by atoms with Gasteiger partial charge in [0.25, 0.3) is 5.91 Å². The summed E-state index contributed by atoms with van der Waals surface area (Å²) < 4.78 is 40.4. The van der Waals surface area contributed by atoms with Gasteiger partial charge in [-0.1, -0.05) is 66.2 Å². The summed E-state index contributed by atoms with van der Waals surface area (Å²) in [6.07, 6.45) is 1.27. The Labute approximate surface area is 344 Å². The number of hydrogen-bond donors (Lipinski definition) is 3. The molecular weight excluding hydrogens is 777 g/mol. The third-order valence-electron chi connectivity index (χ3n) is 11.6. The lowest BCUT2D eigenvalue weighted by Gasteiger charge is -2.36. The first-order chi connectivity index (χ1) is 27.4. The normalized spacial score (nSPS) is 22.4. The number of carbonyl (C=O) groups is 3. The number of para-hydroxylation sites is 1. The molecule has 3 N–H and O–H groups in total. The number of sulfonamides is 1. The van der Waals surface area contributed by atoms with Crippen LogP contribution in [0.1, 0.15) is 90.8 Å². The first-order valence-corrected chi connectivity index (χ1v) is 22.5. The molecule has 0 unspecified atom stereocenters.